The van der Waals surface area contributed by atoms with Crippen LogP contribution in [0.3, 0.4) is 0 Å². The van der Waals surface area contributed by atoms with Crippen molar-refractivity contribution in [3.63, 3.8) is 0 Å². The minimum atomic E-state index is 0.00257. The van der Waals surface area contributed by atoms with Crippen LogP contribution < -0.4 is 11.1 Å². The first-order valence-corrected chi connectivity index (χ1v) is 7.02. The molecule has 1 aromatic carbocycles. The van der Waals surface area contributed by atoms with E-state index in [2.05, 4.69) is 12.2 Å². The molecule has 0 saturated heterocycles. The Morgan fingerprint density at radius 3 is 2.53 bits per heavy atom. The van der Waals surface area contributed by atoms with Crippen molar-refractivity contribution in [3.8, 4) is 0 Å². The molecule has 0 fully saturated rings. The highest BCUT2D eigenvalue weighted by Gasteiger charge is 2.12. The first-order valence-electron chi connectivity index (χ1n) is 7.02. The lowest BCUT2D eigenvalue weighted by Crippen LogP contribution is -2.40. The topological polar surface area (TPSA) is 58.4 Å². The summed E-state index contributed by atoms with van der Waals surface area (Å²) in [4.78, 5) is 13.8. The van der Waals surface area contributed by atoms with Gasteiger partial charge in [-0.15, -0.1) is 0 Å². The monoisotopic (exact) mass is 263 g/mol. The third kappa shape index (κ3) is 4.91. The Balaban J connectivity index is 2.62. The molecule has 3 N–H and O–H groups in total. The van der Waals surface area contributed by atoms with Crippen LogP contribution in [0.1, 0.15) is 37.8 Å². The summed E-state index contributed by atoms with van der Waals surface area (Å²) in [5, 5.41) is 2.95. The first-order chi connectivity index (χ1) is 9.22. The second kappa shape index (κ2) is 8.53. The summed E-state index contributed by atoms with van der Waals surface area (Å²) in [5.41, 5.74) is 7.95. The van der Waals surface area contributed by atoms with Crippen LogP contribution in [0.15, 0.2) is 24.3 Å². The van der Waals surface area contributed by atoms with Gasteiger partial charge in [-0.05, 0) is 24.5 Å². The zero-order valence-electron chi connectivity index (χ0n) is 12.0. The zero-order chi connectivity index (χ0) is 14.1. The minimum Gasteiger partial charge on any atom is -0.338 e. The van der Waals surface area contributed by atoms with Crippen LogP contribution in [0, 0.1) is 0 Å². The molecule has 2 amide bonds. The van der Waals surface area contributed by atoms with Crippen molar-refractivity contribution < 1.29 is 4.79 Å². The molecule has 19 heavy (non-hydrogen) atoms. The summed E-state index contributed by atoms with van der Waals surface area (Å²) in [6.45, 7) is 6.65. The fourth-order valence-corrected chi connectivity index (χ4v) is 1.93. The third-order valence-corrected chi connectivity index (χ3v) is 3.17. The Bertz CT molecular complexity index is 393. The predicted octanol–water partition coefficient (Wildman–Crippen LogP) is 2.48. The maximum Gasteiger partial charge on any atom is 0.317 e. The van der Waals surface area contributed by atoms with E-state index in [4.69, 9.17) is 5.73 Å². The molecule has 0 heterocycles. The summed E-state index contributed by atoms with van der Waals surface area (Å²) in [6, 6.07) is 8.01. The van der Waals surface area contributed by atoms with Crippen molar-refractivity contribution in [3.05, 3.63) is 35.4 Å². The number of hydrogen-bond donors (Lipinski definition) is 2. The number of nitrogens with two attached hydrogens (primary N) is 1. The molecule has 4 heteroatoms. The number of carbonyl (C=O) groups is 1. The molecule has 106 valence electrons. The minimum absolute atomic E-state index is 0.00257. The van der Waals surface area contributed by atoms with Gasteiger partial charge < -0.3 is 16.0 Å². The molecule has 0 unspecified atom stereocenters. The number of benzene rings is 1. The molecule has 1 rings (SSSR count). The van der Waals surface area contributed by atoms with Gasteiger partial charge in [-0.1, -0.05) is 37.6 Å². The summed E-state index contributed by atoms with van der Waals surface area (Å²) in [5.74, 6) is 0. The SMILES string of the molecule is CCCCNC(=O)N(CC)Cc1ccccc1CN. The lowest BCUT2D eigenvalue weighted by atomic mass is 10.1. The molecular weight excluding hydrogens is 238 g/mol. The van der Waals surface area contributed by atoms with Crippen molar-refractivity contribution >= 4 is 6.03 Å². The van der Waals surface area contributed by atoms with Crippen molar-refractivity contribution in [1.29, 1.82) is 0 Å². The number of rotatable bonds is 7. The quantitative estimate of drug-likeness (QED) is 0.742. The van der Waals surface area contributed by atoms with Crippen molar-refractivity contribution in [2.24, 2.45) is 5.73 Å². The smallest absolute Gasteiger partial charge is 0.317 e. The fraction of sp³-hybridized carbons (Fsp3) is 0.533. The number of nitrogens with zero attached hydrogens (tertiary/aromatic N) is 1. The largest absolute Gasteiger partial charge is 0.338 e. The average Bonchev–Trinajstić information content (AvgIpc) is 2.45. The van der Waals surface area contributed by atoms with Gasteiger partial charge in [-0.3, -0.25) is 0 Å². The Morgan fingerprint density at radius 2 is 1.95 bits per heavy atom. The third-order valence-electron chi connectivity index (χ3n) is 3.17. The number of nitrogens with one attached hydrogen (secondary N) is 1. The molecule has 0 saturated carbocycles. The van der Waals surface area contributed by atoms with Crippen molar-refractivity contribution in [2.75, 3.05) is 13.1 Å². The van der Waals surface area contributed by atoms with E-state index < -0.39 is 0 Å². The second-order valence-corrected chi connectivity index (χ2v) is 4.57. The lowest BCUT2D eigenvalue weighted by molar-refractivity contribution is 0.198. The van der Waals surface area contributed by atoms with E-state index in [9.17, 15) is 4.79 Å². The van der Waals surface area contributed by atoms with Crippen molar-refractivity contribution in [2.45, 2.75) is 39.8 Å². The zero-order valence-corrected chi connectivity index (χ0v) is 12.0. The van der Waals surface area contributed by atoms with E-state index in [0.717, 1.165) is 30.5 Å². The maximum atomic E-state index is 12.0. The average molecular weight is 263 g/mol. The fourth-order valence-electron chi connectivity index (χ4n) is 1.93. The maximum absolute atomic E-state index is 12.0. The standard InChI is InChI=1S/C15H25N3O/c1-3-5-10-17-15(19)18(4-2)12-14-9-7-6-8-13(14)11-16/h6-9H,3-5,10-12,16H2,1-2H3,(H,17,19). The van der Waals surface area contributed by atoms with Gasteiger partial charge >= 0.3 is 6.03 Å². The van der Waals surface area contributed by atoms with E-state index in [1.807, 2.05) is 36.1 Å². The van der Waals surface area contributed by atoms with Crippen LogP contribution in [0.5, 0.6) is 0 Å². The highest BCUT2D eigenvalue weighted by molar-refractivity contribution is 5.74. The number of carbonyl (C=O) groups excluding carboxylic acids is 1. The normalized spacial score (nSPS) is 10.3. The molecule has 0 aliphatic carbocycles. The number of hydrogen-bond acceptors (Lipinski definition) is 2. The van der Waals surface area contributed by atoms with Gasteiger partial charge in [0.05, 0.1) is 0 Å². The second-order valence-electron chi connectivity index (χ2n) is 4.57. The summed E-state index contributed by atoms with van der Waals surface area (Å²) in [6.07, 6.45) is 2.10. The van der Waals surface area contributed by atoms with Gasteiger partial charge in [-0.25, -0.2) is 4.79 Å². The van der Waals surface area contributed by atoms with Crippen LogP contribution in [-0.2, 0) is 13.1 Å². The molecule has 0 bridgehead atoms. The summed E-state index contributed by atoms with van der Waals surface area (Å²) in [7, 11) is 0. The number of unbranched alkanes of at least 4 members (excludes halogenated alkanes) is 1. The predicted molar refractivity (Wildman–Crippen MR) is 78.7 cm³/mol. The molecule has 0 aliphatic rings. The highest BCUT2D eigenvalue weighted by Crippen LogP contribution is 2.11. The van der Waals surface area contributed by atoms with Crippen LogP contribution >= 0.6 is 0 Å². The molecule has 0 atom stereocenters. The lowest BCUT2D eigenvalue weighted by Gasteiger charge is -2.22. The van der Waals surface area contributed by atoms with Crippen molar-refractivity contribution in [1.82, 2.24) is 10.2 Å². The molecular formula is C15H25N3O. The van der Waals surface area contributed by atoms with Gasteiger partial charge in [0, 0.05) is 26.2 Å². The van der Waals surface area contributed by atoms with Gasteiger partial charge in [0.1, 0.15) is 0 Å². The van der Waals surface area contributed by atoms with Crippen LogP contribution in [0.4, 0.5) is 4.79 Å². The summed E-state index contributed by atoms with van der Waals surface area (Å²) < 4.78 is 0. The Morgan fingerprint density at radius 1 is 1.26 bits per heavy atom. The van der Waals surface area contributed by atoms with E-state index in [1.165, 1.54) is 0 Å². The van der Waals surface area contributed by atoms with Crippen LogP contribution in [0.2, 0.25) is 0 Å². The molecule has 0 aromatic heterocycles. The van der Waals surface area contributed by atoms with E-state index in [-0.39, 0.29) is 6.03 Å². The molecule has 0 radical (unpaired) electrons. The first kappa shape index (κ1) is 15.5. The highest BCUT2D eigenvalue weighted by atomic mass is 16.2. The van der Waals surface area contributed by atoms with E-state index in [1.54, 1.807) is 0 Å². The van der Waals surface area contributed by atoms with E-state index in [0.29, 0.717) is 19.6 Å². The molecule has 4 nitrogen and oxygen atoms in total. The molecule has 0 spiro atoms. The number of amides is 2. The number of urea groups is 1. The van der Waals surface area contributed by atoms with Gasteiger partial charge in [0.25, 0.3) is 0 Å². The van der Waals surface area contributed by atoms with Gasteiger partial charge in [-0.2, -0.15) is 0 Å². The van der Waals surface area contributed by atoms with Gasteiger partial charge in [0.15, 0.2) is 0 Å². The molecule has 1 aromatic rings. The molecule has 0 aliphatic heterocycles. The van der Waals surface area contributed by atoms with Crippen LogP contribution in [0.25, 0.3) is 0 Å². The Hall–Kier alpha value is -1.55. The Kier molecular flexibility index (Phi) is 6.97. The van der Waals surface area contributed by atoms with Crippen LogP contribution in [-0.4, -0.2) is 24.0 Å². The van der Waals surface area contributed by atoms with Gasteiger partial charge in [0.2, 0.25) is 0 Å². The summed E-state index contributed by atoms with van der Waals surface area (Å²) >= 11 is 0. The van der Waals surface area contributed by atoms with E-state index >= 15 is 0 Å². The Labute approximate surface area is 116 Å².